The minimum Gasteiger partial charge on any atom is -0.366 e. The van der Waals surface area contributed by atoms with Gasteiger partial charge in [-0.15, -0.1) is 0 Å². The Morgan fingerprint density at radius 1 is 1.78 bits per heavy atom. The fourth-order valence-corrected chi connectivity index (χ4v) is 0.504. The van der Waals surface area contributed by atoms with Gasteiger partial charge in [-0.25, -0.2) is 0 Å². The largest absolute Gasteiger partial charge is 0.366 e. The van der Waals surface area contributed by atoms with Gasteiger partial charge in [0.1, 0.15) is 0 Å². The van der Waals surface area contributed by atoms with Crippen LogP contribution in [0, 0.1) is 0 Å². The first-order chi connectivity index (χ1) is 4.22. The van der Waals surface area contributed by atoms with Crippen molar-refractivity contribution in [2.24, 2.45) is 5.73 Å². The topological polar surface area (TPSA) is 43.1 Å². The van der Waals surface area contributed by atoms with Crippen LogP contribution in [-0.4, -0.2) is 5.91 Å². The second-order valence-electron chi connectivity index (χ2n) is 1.64. The highest BCUT2D eigenvalue weighted by Crippen LogP contribution is 1.94. The highest BCUT2D eigenvalue weighted by Gasteiger charge is 1.95. The monoisotopic (exact) mass is 125 g/mol. The van der Waals surface area contributed by atoms with E-state index in [-0.39, 0.29) is 0 Å². The molecule has 0 saturated heterocycles. The van der Waals surface area contributed by atoms with E-state index < -0.39 is 5.91 Å². The summed E-state index contributed by atoms with van der Waals surface area (Å²) in [5, 5.41) is 0. The molecule has 0 aromatic heterocycles. The van der Waals surface area contributed by atoms with Gasteiger partial charge in [-0.3, -0.25) is 4.79 Å². The normalized spacial score (nSPS) is 11.0. The molecule has 0 aromatic rings. The zero-order valence-corrected chi connectivity index (χ0v) is 5.55. The molecule has 0 unspecified atom stereocenters. The molecule has 2 N–H and O–H groups in total. The second-order valence-corrected chi connectivity index (χ2v) is 1.64. The van der Waals surface area contributed by atoms with Gasteiger partial charge < -0.3 is 5.73 Å². The van der Waals surface area contributed by atoms with Crippen molar-refractivity contribution >= 4 is 5.91 Å². The van der Waals surface area contributed by atoms with Crippen LogP contribution in [0.1, 0.15) is 13.3 Å². The van der Waals surface area contributed by atoms with Crippen molar-refractivity contribution in [2.45, 2.75) is 13.3 Å². The molecule has 0 aliphatic heterocycles. The van der Waals surface area contributed by atoms with Gasteiger partial charge in [0.05, 0.1) is 0 Å². The molecule has 0 spiro atoms. The average Bonchev–Trinajstić information content (AvgIpc) is 1.82. The van der Waals surface area contributed by atoms with E-state index >= 15 is 0 Å². The zero-order valence-electron chi connectivity index (χ0n) is 5.55. The Balaban J connectivity index is 4.14. The van der Waals surface area contributed by atoms with Gasteiger partial charge in [0.25, 0.3) is 0 Å². The van der Waals surface area contributed by atoms with Crippen LogP contribution in [-0.2, 0) is 4.79 Å². The van der Waals surface area contributed by atoms with Crippen molar-refractivity contribution in [3.63, 3.8) is 0 Å². The molecule has 9 heavy (non-hydrogen) atoms. The van der Waals surface area contributed by atoms with Crippen LogP contribution in [0.3, 0.4) is 0 Å². The first-order valence-electron chi connectivity index (χ1n) is 2.84. The number of allylic oxidation sites excluding steroid dienone is 1. The Kier molecular flexibility index (Phi) is 3.44. The molecule has 0 saturated carbocycles. The van der Waals surface area contributed by atoms with Crippen molar-refractivity contribution < 1.29 is 4.79 Å². The van der Waals surface area contributed by atoms with Gasteiger partial charge in [0.2, 0.25) is 5.91 Å². The van der Waals surface area contributed by atoms with Crippen molar-refractivity contribution in [1.82, 2.24) is 0 Å². The number of carbonyl (C=O) groups is 1. The summed E-state index contributed by atoms with van der Waals surface area (Å²) in [7, 11) is 0. The Morgan fingerprint density at radius 3 is 2.44 bits per heavy atom. The molecule has 2 nitrogen and oxygen atoms in total. The lowest BCUT2D eigenvalue weighted by atomic mass is 10.2. The van der Waals surface area contributed by atoms with E-state index in [0.29, 0.717) is 5.57 Å². The maximum absolute atomic E-state index is 10.4. The van der Waals surface area contributed by atoms with E-state index in [4.69, 9.17) is 5.73 Å². The lowest BCUT2D eigenvalue weighted by molar-refractivity contribution is -0.114. The van der Waals surface area contributed by atoms with Gasteiger partial charge in [0.15, 0.2) is 0 Å². The minimum atomic E-state index is -0.410. The summed E-state index contributed by atoms with van der Waals surface area (Å²) in [6, 6.07) is 0. The highest BCUT2D eigenvalue weighted by atomic mass is 16.1. The quantitative estimate of drug-likeness (QED) is 0.443. The SMILES string of the molecule is C=CC(=CCC)C(N)=O. The smallest absolute Gasteiger partial charge is 0.248 e. The fourth-order valence-electron chi connectivity index (χ4n) is 0.504. The predicted octanol–water partition coefficient (Wildman–Crippen LogP) is 0.994. The van der Waals surface area contributed by atoms with Gasteiger partial charge >= 0.3 is 0 Å². The maximum atomic E-state index is 10.4. The molecule has 0 aromatic carbocycles. The van der Waals surface area contributed by atoms with E-state index in [1.807, 2.05) is 6.92 Å². The molecule has 0 bridgehead atoms. The van der Waals surface area contributed by atoms with Crippen molar-refractivity contribution in [3.05, 3.63) is 24.3 Å². The zero-order chi connectivity index (χ0) is 7.28. The van der Waals surface area contributed by atoms with E-state index in [1.165, 1.54) is 6.08 Å². The number of carbonyl (C=O) groups excluding carboxylic acids is 1. The first-order valence-corrected chi connectivity index (χ1v) is 2.84. The Morgan fingerprint density at radius 2 is 2.33 bits per heavy atom. The lowest BCUT2D eigenvalue weighted by Gasteiger charge is -1.90. The molecule has 0 fully saturated rings. The van der Waals surface area contributed by atoms with Crippen LogP contribution in [0.5, 0.6) is 0 Å². The maximum Gasteiger partial charge on any atom is 0.248 e. The number of rotatable bonds is 3. The fraction of sp³-hybridized carbons (Fsp3) is 0.286. The van der Waals surface area contributed by atoms with E-state index in [0.717, 1.165) is 6.42 Å². The van der Waals surface area contributed by atoms with Gasteiger partial charge in [-0.2, -0.15) is 0 Å². The van der Waals surface area contributed by atoms with Gasteiger partial charge in [-0.1, -0.05) is 25.7 Å². The number of hydrogen-bond donors (Lipinski definition) is 1. The molecule has 50 valence electrons. The molecule has 0 aliphatic carbocycles. The molecule has 0 atom stereocenters. The van der Waals surface area contributed by atoms with Crippen LogP contribution in [0.4, 0.5) is 0 Å². The van der Waals surface area contributed by atoms with Crippen molar-refractivity contribution in [2.75, 3.05) is 0 Å². The third kappa shape index (κ3) is 2.69. The molecule has 0 rings (SSSR count). The molecule has 0 radical (unpaired) electrons. The van der Waals surface area contributed by atoms with Crippen LogP contribution in [0.2, 0.25) is 0 Å². The van der Waals surface area contributed by atoms with E-state index in [2.05, 4.69) is 6.58 Å². The van der Waals surface area contributed by atoms with Crippen LogP contribution >= 0.6 is 0 Å². The van der Waals surface area contributed by atoms with E-state index in [1.54, 1.807) is 6.08 Å². The van der Waals surface area contributed by atoms with Gasteiger partial charge in [-0.05, 0) is 6.42 Å². The van der Waals surface area contributed by atoms with Crippen LogP contribution < -0.4 is 5.73 Å². The molecular formula is C7H11NO. The number of amides is 1. The van der Waals surface area contributed by atoms with E-state index in [9.17, 15) is 4.79 Å². The summed E-state index contributed by atoms with van der Waals surface area (Å²) < 4.78 is 0. The predicted molar refractivity (Wildman–Crippen MR) is 37.8 cm³/mol. The molecule has 2 heteroatoms. The lowest BCUT2D eigenvalue weighted by Crippen LogP contribution is -2.11. The summed E-state index contributed by atoms with van der Waals surface area (Å²) in [4.78, 5) is 10.4. The Hall–Kier alpha value is -1.05. The summed E-state index contributed by atoms with van der Waals surface area (Å²) in [5.74, 6) is -0.410. The summed E-state index contributed by atoms with van der Waals surface area (Å²) in [5.41, 5.74) is 5.45. The number of nitrogens with two attached hydrogens (primary N) is 1. The Bertz CT molecular complexity index is 147. The highest BCUT2D eigenvalue weighted by molar-refractivity contribution is 5.94. The molecule has 0 heterocycles. The van der Waals surface area contributed by atoms with Crippen molar-refractivity contribution in [3.8, 4) is 0 Å². The Labute approximate surface area is 55.1 Å². The number of primary amides is 1. The van der Waals surface area contributed by atoms with Crippen LogP contribution in [0.25, 0.3) is 0 Å². The third-order valence-electron chi connectivity index (χ3n) is 0.928. The summed E-state index contributed by atoms with van der Waals surface area (Å²) in [6.45, 7) is 5.37. The van der Waals surface area contributed by atoms with Crippen molar-refractivity contribution in [1.29, 1.82) is 0 Å². The average molecular weight is 125 g/mol. The summed E-state index contributed by atoms with van der Waals surface area (Å²) >= 11 is 0. The first kappa shape index (κ1) is 7.95. The standard InChI is InChI=1S/C7H11NO/c1-3-5-6(4-2)7(8)9/h4-5H,2-3H2,1H3,(H2,8,9). The molecule has 0 aliphatic rings. The molecule has 1 amide bonds. The number of hydrogen-bond acceptors (Lipinski definition) is 1. The molecular weight excluding hydrogens is 114 g/mol. The van der Waals surface area contributed by atoms with Crippen LogP contribution in [0.15, 0.2) is 24.3 Å². The second kappa shape index (κ2) is 3.89. The van der Waals surface area contributed by atoms with Gasteiger partial charge in [0, 0.05) is 5.57 Å². The minimum absolute atomic E-state index is 0.410. The summed E-state index contributed by atoms with van der Waals surface area (Å²) in [6.07, 6.45) is 4.02. The third-order valence-corrected chi connectivity index (χ3v) is 0.928.